The Bertz CT molecular complexity index is 976. The molecule has 0 bridgehead atoms. The lowest BCUT2D eigenvalue weighted by molar-refractivity contribution is -0.145. The third-order valence-electron chi connectivity index (χ3n) is 5.92. The van der Waals surface area contributed by atoms with E-state index in [2.05, 4.69) is 26.0 Å². The maximum Gasteiger partial charge on any atom is 0.242 e. The summed E-state index contributed by atoms with van der Waals surface area (Å²) in [6.45, 7) is 9.43. The number of hydrogen-bond donors (Lipinski definition) is 0. The second kappa shape index (κ2) is 13.7. The zero-order chi connectivity index (χ0) is 26.0. The molecule has 2 aromatic rings. The fraction of sp³-hybridized carbons (Fsp3) is 0.556. The fourth-order valence-electron chi connectivity index (χ4n) is 3.70. The first-order valence-corrected chi connectivity index (χ1v) is 13.4. The van der Waals surface area contributed by atoms with Gasteiger partial charge >= 0.3 is 0 Å². The van der Waals surface area contributed by atoms with Crippen molar-refractivity contribution >= 4 is 34.8 Å². The number of rotatable bonds is 14. The quantitative estimate of drug-likeness (QED) is 0.306. The summed E-state index contributed by atoms with van der Waals surface area (Å²) in [5.41, 5.74) is 0.329. The zero-order valence-electron chi connectivity index (χ0n) is 21.9. The highest BCUT2D eigenvalue weighted by molar-refractivity contribution is 7.11. The van der Waals surface area contributed by atoms with Crippen LogP contribution in [0.25, 0.3) is 0 Å². The summed E-state index contributed by atoms with van der Waals surface area (Å²) in [4.78, 5) is 32.6. The first-order chi connectivity index (χ1) is 16.6. The number of aryl methyl sites for hydroxylation is 1. The number of carbonyl (C=O) groups excluding carboxylic acids is 2. The molecular weight excluding hydrogens is 484 g/mol. The second-order valence-corrected chi connectivity index (χ2v) is 11.0. The number of halogens is 1. The number of ether oxygens (including phenoxy) is 2. The van der Waals surface area contributed by atoms with E-state index < -0.39 is 5.41 Å². The lowest BCUT2D eigenvalue weighted by Gasteiger charge is -2.32. The molecule has 6 nitrogen and oxygen atoms in total. The molecule has 1 heterocycles. The summed E-state index contributed by atoms with van der Waals surface area (Å²) >= 11 is 7.76. The van der Waals surface area contributed by atoms with Gasteiger partial charge in [-0.25, -0.2) is 0 Å². The van der Waals surface area contributed by atoms with Gasteiger partial charge in [0.2, 0.25) is 11.8 Å². The third kappa shape index (κ3) is 8.43. The number of thiophene rings is 1. The highest BCUT2D eigenvalue weighted by Gasteiger charge is 2.32. The maximum atomic E-state index is 13.6. The largest absolute Gasteiger partial charge is 0.493 e. The van der Waals surface area contributed by atoms with E-state index in [4.69, 9.17) is 21.1 Å². The number of nitrogens with zero attached hydrogens (tertiary/aromatic N) is 2. The average molecular weight is 523 g/mol. The van der Waals surface area contributed by atoms with Gasteiger partial charge in [-0.1, -0.05) is 19.4 Å². The minimum Gasteiger partial charge on any atom is -0.493 e. The molecule has 35 heavy (non-hydrogen) atoms. The van der Waals surface area contributed by atoms with Crippen LogP contribution >= 0.6 is 22.9 Å². The number of amides is 2. The second-order valence-electron chi connectivity index (χ2n) is 9.36. The van der Waals surface area contributed by atoms with E-state index in [1.807, 2.05) is 36.9 Å². The van der Waals surface area contributed by atoms with E-state index in [0.29, 0.717) is 37.6 Å². The van der Waals surface area contributed by atoms with E-state index in [-0.39, 0.29) is 24.2 Å². The van der Waals surface area contributed by atoms with Crippen LogP contribution in [0.2, 0.25) is 0 Å². The Labute approximate surface area is 219 Å². The molecule has 0 saturated heterocycles. The molecule has 8 heteroatoms. The van der Waals surface area contributed by atoms with Crippen LogP contribution in [0.1, 0.15) is 48.9 Å². The minimum atomic E-state index is -0.717. The van der Waals surface area contributed by atoms with Crippen LogP contribution in [0.5, 0.6) is 11.5 Å². The topological polar surface area (TPSA) is 59.1 Å². The average Bonchev–Trinajstić information content (AvgIpc) is 3.27. The number of hydrogen-bond acceptors (Lipinski definition) is 5. The van der Waals surface area contributed by atoms with E-state index >= 15 is 0 Å². The van der Waals surface area contributed by atoms with Gasteiger partial charge in [0.25, 0.3) is 0 Å². The number of methoxy groups -OCH3 is 2. The van der Waals surface area contributed by atoms with E-state index in [1.54, 1.807) is 30.5 Å². The Morgan fingerprint density at radius 2 is 1.74 bits per heavy atom. The number of carbonyl (C=O) groups is 2. The van der Waals surface area contributed by atoms with Gasteiger partial charge in [-0.3, -0.25) is 9.59 Å². The molecule has 0 atom stereocenters. The van der Waals surface area contributed by atoms with Crippen molar-refractivity contribution in [1.82, 2.24) is 9.80 Å². The lowest BCUT2D eigenvalue weighted by Crippen LogP contribution is -2.48. The van der Waals surface area contributed by atoms with Gasteiger partial charge in [0.05, 0.1) is 32.7 Å². The molecule has 2 rings (SSSR count). The Balaban J connectivity index is 2.22. The molecular formula is C27H39ClN2O4S. The first-order valence-electron chi connectivity index (χ1n) is 12.0. The zero-order valence-corrected chi connectivity index (χ0v) is 23.4. The smallest absolute Gasteiger partial charge is 0.242 e. The predicted molar refractivity (Wildman–Crippen MR) is 144 cm³/mol. The molecule has 0 aliphatic rings. The number of alkyl halides is 1. The van der Waals surface area contributed by atoms with E-state index in [9.17, 15) is 9.59 Å². The van der Waals surface area contributed by atoms with E-state index in [0.717, 1.165) is 23.3 Å². The van der Waals surface area contributed by atoms with Crippen molar-refractivity contribution in [2.45, 2.75) is 53.5 Å². The first kappa shape index (κ1) is 29.0. The third-order valence-corrected chi connectivity index (χ3v) is 7.58. The van der Waals surface area contributed by atoms with Crippen LogP contribution in [0, 0.1) is 12.3 Å². The van der Waals surface area contributed by atoms with Crippen molar-refractivity contribution in [2.24, 2.45) is 5.41 Å². The van der Waals surface area contributed by atoms with Crippen LogP contribution in [0.4, 0.5) is 0 Å². The molecule has 0 saturated carbocycles. The van der Waals surface area contributed by atoms with Crippen LogP contribution in [-0.4, -0.2) is 61.3 Å². The molecule has 0 aliphatic heterocycles. The molecule has 0 spiro atoms. The molecule has 1 aromatic heterocycles. The lowest BCUT2D eigenvalue weighted by atomic mass is 9.94. The Kier molecular flexibility index (Phi) is 11.4. The molecule has 0 N–H and O–H groups in total. The molecule has 0 unspecified atom stereocenters. The summed E-state index contributed by atoms with van der Waals surface area (Å²) in [6, 6.07) is 9.93. The van der Waals surface area contributed by atoms with Crippen LogP contribution in [0.3, 0.4) is 0 Å². The highest BCUT2D eigenvalue weighted by Crippen LogP contribution is 2.28. The summed E-state index contributed by atoms with van der Waals surface area (Å²) in [6.07, 6.45) is 2.44. The molecule has 2 amide bonds. The molecule has 0 radical (unpaired) electrons. The molecule has 0 fully saturated rings. The fourth-order valence-corrected chi connectivity index (χ4v) is 4.72. The van der Waals surface area contributed by atoms with E-state index in [1.165, 1.54) is 4.88 Å². The normalized spacial score (nSPS) is 11.3. The Hall–Kier alpha value is -2.25. The summed E-state index contributed by atoms with van der Waals surface area (Å²) in [5, 5.41) is 0. The summed E-state index contributed by atoms with van der Waals surface area (Å²) in [7, 11) is 3.22. The van der Waals surface area contributed by atoms with Crippen LogP contribution < -0.4 is 9.47 Å². The van der Waals surface area contributed by atoms with Crippen molar-refractivity contribution < 1.29 is 19.1 Å². The van der Waals surface area contributed by atoms with Gasteiger partial charge in [-0.05, 0) is 63.4 Å². The van der Waals surface area contributed by atoms with Crippen molar-refractivity contribution in [1.29, 1.82) is 0 Å². The molecule has 194 valence electrons. The SMILES string of the molecule is CCCCN(CC(=O)N(CCc1ccc(OC)c(OC)c1)Cc1ccc(C)s1)C(=O)C(C)(C)CCl. The van der Waals surface area contributed by atoms with Crippen LogP contribution in [0.15, 0.2) is 30.3 Å². The van der Waals surface area contributed by atoms with Crippen molar-refractivity contribution in [3.8, 4) is 11.5 Å². The molecule has 0 aliphatic carbocycles. The number of unbranched alkanes of at least 4 members (excludes halogenated alkanes) is 1. The number of benzene rings is 1. The molecule has 1 aromatic carbocycles. The predicted octanol–water partition coefficient (Wildman–Crippen LogP) is 5.54. The highest BCUT2D eigenvalue weighted by atomic mass is 35.5. The van der Waals surface area contributed by atoms with Gasteiger partial charge in [0, 0.05) is 28.7 Å². The minimum absolute atomic E-state index is 0.0510. The van der Waals surface area contributed by atoms with Gasteiger partial charge in [-0.2, -0.15) is 0 Å². The van der Waals surface area contributed by atoms with Crippen molar-refractivity contribution in [3.63, 3.8) is 0 Å². The van der Waals surface area contributed by atoms with Crippen molar-refractivity contribution in [2.75, 3.05) is 39.7 Å². The summed E-state index contributed by atoms with van der Waals surface area (Å²) < 4.78 is 10.8. The van der Waals surface area contributed by atoms with Gasteiger partial charge in [-0.15, -0.1) is 22.9 Å². The monoisotopic (exact) mass is 522 g/mol. The van der Waals surface area contributed by atoms with Crippen LogP contribution in [-0.2, 0) is 22.6 Å². The van der Waals surface area contributed by atoms with Gasteiger partial charge in [0.1, 0.15) is 0 Å². The van der Waals surface area contributed by atoms with Crippen molar-refractivity contribution in [3.05, 3.63) is 45.6 Å². The Morgan fingerprint density at radius 1 is 1.03 bits per heavy atom. The van der Waals surface area contributed by atoms with Gasteiger partial charge in [0.15, 0.2) is 11.5 Å². The standard InChI is InChI=1S/C27H39ClN2O4S/c1-7-8-14-30(26(32)27(3,4)19-28)18-25(31)29(17-22-11-9-20(2)35-22)15-13-21-10-12-23(33-5)24(16-21)34-6/h9-12,16H,7-8,13-15,17-19H2,1-6H3. The van der Waals surface area contributed by atoms with Gasteiger partial charge < -0.3 is 19.3 Å². The maximum absolute atomic E-state index is 13.6. The Morgan fingerprint density at radius 3 is 2.31 bits per heavy atom. The summed E-state index contributed by atoms with van der Waals surface area (Å²) in [5.74, 6) is 1.40.